The van der Waals surface area contributed by atoms with Crippen LogP contribution in [0.25, 0.3) is 10.3 Å². The number of fused-ring (bicyclic) bond motifs is 1. The lowest BCUT2D eigenvalue weighted by Gasteiger charge is -2.27. The molecule has 1 saturated carbocycles. The van der Waals surface area contributed by atoms with Gasteiger partial charge >= 0.3 is 0 Å². The summed E-state index contributed by atoms with van der Waals surface area (Å²) in [5.41, 5.74) is 2.06. The lowest BCUT2D eigenvalue weighted by atomic mass is 9.93. The summed E-state index contributed by atoms with van der Waals surface area (Å²) in [6, 6.07) is 8.90. The van der Waals surface area contributed by atoms with Crippen LogP contribution in [-0.2, 0) is 11.3 Å². The van der Waals surface area contributed by atoms with Gasteiger partial charge in [0.15, 0.2) is 5.13 Å². The van der Waals surface area contributed by atoms with Gasteiger partial charge in [0.05, 0.1) is 6.10 Å². The summed E-state index contributed by atoms with van der Waals surface area (Å²) in [6.07, 6.45) is 7.31. The third-order valence-electron chi connectivity index (χ3n) is 6.15. The summed E-state index contributed by atoms with van der Waals surface area (Å²) in [4.78, 5) is 14.8. The molecule has 0 bridgehead atoms. The molecule has 0 spiro atoms. The van der Waals surface area contributed by atoms with Crippen LogP contribution >= 0.6 is 11.3 Å². The first-order valence-corrected chi connectivity index (χ1v) is 12.3. The van der Waals surface area contributed by atoms with Crippen LogP contribution in [0.3, 0.4) is 0 Å². The predicted molar refractivity (Wildman–Crippen MR) is 128 cm³/mol. The van der Waals surface area contributed by atoms with Crippen LogP contribution in [0.5, 0.6) is 0 Å². The molecule has 0 unspecified atom stereocenters. The number of aromatic nitrogens is 3. The molecule has 3 aromatic rings. The van der Waals surface area contributed by atoms with Crippen molar-refractivity contribution in [3.8, 4) is 0 Å². The van der Waals surface area contributed by atoms with Crippen LogP contribution in [0.1, 0.15) is 44.1 Å². The molecule has 32 heavy (non-hydrogen) atoms. The van der Waals surface area contributed by atoms with E-state index in [9.17, 15) is 5.11 Å². The number of rotatable bonds is 7. The number of aliphatic hydroxyl groups excluding tert-OH is 1. The zero-order valence-corrected chi connectivity index (χ0v) is 18.9. The Hall–Kier alpha value is -2.33. The van der Waals surface area contributed by atoms with Gasteiger partial charge in [-0.25, -0.2) is 15.0 Å². The fourth-order valence-electron chi connectivity index (χ4n) is 4.35. The van der Waals surface area contributed by atoms with E-state index in [1.54, 1.807) is 6.20 Å². The second-order valence-corrected chi connectivity index (χ2v) is 9.61. The van der Waals surface area contributed by atoms with E-state index in [1.165, 1.54) is 16.9 Å². The molecule has 8 nitrogen and oxygen atoms in total. The molecule has 170 valence electrons. The molecule has 2 aliphatic rings. The van der Waals surface area contributed by atoms with Crippen molar-refractivity contribution in [2.45, 2.75) is 63.3 Å². The molecule has 4 heterocycles. The highest BCUT2D eigenvalue weighted by Gasteiger charge is 2.20. The number of aliphatic hydroxyl groups is 1. The zero-order chi connectivity index (χ0) is 21.8. The molecule has 0 radical (unpaired) electrons. The van der Waals surface area contributed by atoms with Crippen LogP contribution in [0, 0.1) is 0 Å². The fourth-order valence-corrected chi connectivity index (χ4v) is 5.17. The molecule has 1 aliphatic carbocycles. The number of thiazole rings is 1. The number of nitrogens with zero attached hydrogens (tertiary/aromatic N) is 3. The van der Waals surface area contributed by atoms with Crippen LogP contribution in [-0.4, -0.2) is 51.5 Å². The van der Waals surface area contributed by atoms with E-state index in [-0.39, 0.29) is 6.10 Å². The molecule has 1 aliphatic heterocycles. The summed E-state index contributed by atoms with van der Waals surface area (Å²) >= 11 is 1.52. The van der Waals surface area contributed by atoms with Gasteiger partial charge < -0.3 is 25.8 Å². The minimum absolute atomic E-state index is 0.166. The summed E-state index contributed by atoms with van der Waals surface area (Å²) in [5, 5.41) is 21.2. The minimum atomic E-state index is -0.166. The molecule has 0 amide bonds. The first kappa shape index (κ1) is 21.5. The summed E-state index contributed by atoms with van der Waals surface area (Å²) in [6.45, 7) is 2.43. The Morgan fingerprint density at radius 3 is 2.62 bits per heavy atom. The topological polar surface area (TPSA) is 104 Å². The molecule has 5 rings (SSSR count). The van der Waals surface area contributed by atoms with Crippen LogP contribution in [0.15, 0.2) is 30.5 Å². The van der Waals surface area contributed by atoms with E-state index in [0.717, 1.165) is 85.4 Å². The van der Waals surface area contributed by atoms with Gasteiger partial charge in [-0.2, -0.15) is 0 Å². The monoisotopic (exact) mass is 454 g/mol. The van der Waals surface area contributed by atoms with E-state index in [1.807, 2.05) is 12.1 Å². The molecule has 9 heteroatoms. The Kier molecular flexibility index (Phi) is 6.77. The van der Waals surface area contributed by atoms with Gasteiger partial charge in [0.25, 0.3) is 0 Å². The normalized spacial score (nSPS) is 22.2. The molecule has 4 N–H and O–H groups in total. The molecule has 2 fully saturated rings. The predicted octanol–water partition coefficient (Wildman–Crippen LogP) is 3.81. The zero-order valence-electron chi connectivity index (χ0n) is 18.1. The van der Waals surface area contributed by atoms with E-state index < -0.39 is 0 Å². The SMILES string of the molecule is OC1CCC(Nc2cc(CNC3CCOCC3)cc(Nc3nc4cccnc4s3)n2)CC1. The number of anilines is 3. The number of hydrogen-bond acceptors (Lipinski definition) is 9. The van der Waals surface area contributed by atoms with Crippen LogP contribution < -0.4 is 16.0 Å². The van der Waals surface area contributed by atoms with Gasteiger partial charge in [0.2, 0.25) is 0 Å². The van der Waals surface area contributed by atoms with E-state index >= 15 is 0 Å². The maximum absolute atomic E-state index is 9.82. The molecular formula is C23H30N6O2S. The van der Waals surface area contributed by atoms with Gasteiger partial charge in [-0.3, -0.25) is 0 Å². The van der Waals surface area contributed by atoms with Gasteiger partial charge in [0, 0.05) is 38.0 Å². The standard InChI is InChI=1S/C23H30N6O2S/c30-18-5-3-17(4-6-18)26-20-12-15(14-25-16-7-10-31-11-8-16)13-21(28-20)29-23-27-19-2-1-9-24-22(19)32-23/h1-2,9,12-13,16-18,25,30H,3-8,10-11,14H2,(H2,26,27,28,29). The fraction of sp³-hybridized carbons (Fsp3) is 0.522. The summed E-state index contributed by atoms with van der Waals surface area (Å²) in [5.74, 6) is 1.63. The molecule has 0 aromatic carbocycles. The third-order valence-corrected chi connectivity index (χ3v) is 7.05. The lowest BCUT2D eigenvalue weighted by Crippen LogP contribution is -2.34. The number of nitrogens with one attached hydrogen (secondary N) is 3. The Morgan fingerprint density at radius 1 is 1.00 bits per heavy atom. The van der Waals surface area contributed by atoms with Crippen molar-refractivity contribution in [3.63, 3.8) is 0 Å². The van der Waals surface area contributed by atoms with Crippen LogP contribution in [0.2, 0.25) is 0 Å². The number of hydrogen-bond donors (Lipinski definition) is 4. The first-order valence-electron chi connectivity index (χ1n) is 11.5. The average molecular weight is 455 g/mol. The second kappa shape index (κ2) is 10.1. The Balaban J connectivity index is 1.33. The Morgan fingerprint density at radius 2 is 1.81 bits per heavy atom. The Bertz CT molecular complexity index is 997. The largest absolute Gasteiger partial charge is 0.393 e. The smallest absolute Gasteiger partial charge is 0.190 e. The number of ether oxygens (including phenoxy) is 1. The molecule has 1 saturated heterocycles. The van der Waals surface area contributed by atoms with Crippen molar-refractivity contribution in [3.05, 3.63) is 36.0 Å². The maximum Gasteiger partial charge on any atom is 0.190 e. The Labute approximate surface area is 191 Å². The molecule has 3 aromatic heterocycles. The highest BCUT2D eigenvalue weighted by molar-refractivity contribution is 7.21. The van der Waals surface area contributed by atoms with E-state index in [4.69, 9.17) is 9.72 Å². The summed E-state index contributed by atoms with van der Waals surface area (Å²) in [7, 11) is 0. The van der Waals surface area contributed by atoms with Crippen molar-refractivity contribution in [1.29, 1.82) is 0 Å². The first-order chi connectivity index (χ1) is 15.7. The van der Waals surface area contributed by atoms with Crippen molar-refractivity contribution >= 4 is 38.5 Å². The highest BCUT2D eigenvalue weighted by Crippen LogP contribution is 2.28. The molecule has 0 atom stereocenters. The van der Waals surface area contributed by atoms with E-state index in [2.05, 4.69) is 38.1 Å². The highest BCUT2D eigenvalue weighted by atomic mass is 32.1. The van der Waals surface area contributed by atoms with Crippen molar-refractivity contribution in [2.75, 3.05) is 23.8 Å². The maximum atomic E-state index is 9.82. The van der Waals surface area contributed by atoms with Gasteiger partial charge in [0.1, 0.15) is 22.0 Å². The van der Waals surface area contributed by atoms with Crippen molar-refractivity contribution < 1.29 is 9.84 Å². The van der Waals surface area contributed by atoms with Crippen molar-refractivity contribution in [1.82, 2.24) is 20.3 Å². The van der Waals surface area contributed by atoms with Crippen LogP contribution in [0.4, 0.5) is 16.8 Å². The second-order valence-electron chi connectivity index (χ2n) is 8.63. The van der Waals surface area contributed by atoms with E-state index in [0.29, 0.717) is 12.1 Å². The summed E-state index contributed by atoms with van der Waals surface area (Å²) < 4.78 is 5.47. The molecular weight excluding hydrogens is 424 g/mol. The quantitative estimate of drug-likeness (QED) is 0.427. The van der Waals surface area contributed by atoms with Gasteiger partial charge in [-0.1, -0.05) is 11.3 Å². The lowest BCUT2D eigenvalue weighted by molar-refractivity contribution is 0.0776. The third kappa shape index (κ3) is 5.53. The van der Waals surface area contributed by atoms with Gasteiger partial charge in [-0.15, -0.1) is 0 Å². The minimum Gasteiger partial charge on any atom is -0.393 e. The average Bonchev–Trinajstić information content (AvgIpc) is 3.22. The number of pyridine rings is 2. The van der Waals surface area contributed by atoms with Crippen molar-refractivity contribution in [2.24, 2.45) is 0 Å². The van der Waals surface area contributed by atoms with Gasteiger partial charge in [-0.05, 0) is 68.4 Å².